The molecule has 0 amide bonds. The number of ether oxygens (including phenoxy) is 2. The van der Waals surface area contributed by atoms with E-state index in [1.165, 1.54) is 22.3 Å². The molecule has 0 heterocycles. The van der Waals surface area contributed by atoms with Crippen molar-refractivity contribution in [1.29, 1.82) is 0 Å². The molecule has 0 fully saturated rings. The normalized spacial score (nSPS) is 14.3. The lowest BCUT2D eigenvalue weighted by Crippen LogP contribution is -2.28. The number of fused-ring (bicyclic) bond motifs is 3. The third-order valence-electron chi connectivity index (χ3n) is 6.77. The Labute approximate surface area is 240 Å². The van der Waals surface area contributed by atoms with Gasteiger partial charge in [-0.3, -0.25) is 0 Å². The molecule has 2 atom stereocenters. The Bertz CT molecular complexity index is 1230. The zero-order valence-corrected chi connectivity index (χ0v) is 23.7. The van der Waals surface area contributed by atoms with Crippen LogP contribution in [0.15, 0.2) is 97.1 Å². The third-order valence-corrected chi connectivity index (χ3v) is 7.48. The quantitative estimate of drug-likeness (QED) is 0.179. The van der Waals surface area contributed by atoms with Crippen LogP contribution in [0.1, 0.15) is 36.1 Å². The van der Waals surface area contributed by atoms with Crippen LogP contribution in [-0.4, -0.2) is 47.4 Å². The van der Waals surface area contributed by atoms with Crippen molar-refractivity contribution in [2.45, 2.75) is 31.5 Å². The SMILES string of the molecule is CC.OC(CCl)COc1ccc(C2(c3ccc(OCC(O)CCl)cc3)c3ccccc3-c3ccccc32)cc1. The van der Waals surface area contributed by atoms with Crippen LogP contribution in [0.4, 0.5) is 0 Å². The molecule has 0 bridgehead atoms. The van der Waals surface area contributed by atoms with E-state index in [0.29, 0.717) is 11.5 Å². The topological polar surface area (TPSA) is 58.9 Å². The van der Waals surface area contributed by atoms with Gasteiger partial charge in [-0.25, -0.2) is 0 Å². The van der Waals surface area contributed by atoms with E-state index >= 15 is 0 Å². The summed E-state index contributed by atoms with van der Waals surface area (Å²) in [6.45, 7) is 4.28. The first-order valence-corrected chi connectivity index (χ1v) is 14.3. The fourth-order valence-corrected chi connectivity index (χ4v) is 5.28. The Morgan fingerprint density at radius 3 is 1.31 bits per heavy atom. The molecule has 0 radical (unpaired) electrons. The van der Waals surface area contributed by atoms with Gasteiger partial charge in [-0.2, -0.15) is 0 Å². The highest BCUT2D eigenvalue weighted by atomic mass is 35.5. The molecule has 1 aliphatic carbocycles. The van der Waals surface area contributed by atoms with Gasteiger partial charge in [-0.15, -0.1) is 23.2 Å². The van der Waals surface area contributed by atoms with Gasteiger partial charge < -0.3 is 19.7 Å². The standard InChI is InChI=1S/C31H28Cl2O4.C2H6/c32-17-23(34)19-36-25-13-9-21(10-14-25)31(22-11-15-26(16-12-22)37-20-24(35)18-33)29-7-3-1-5-27(29)28-6-2-4-8-30(28)31;1-2/h1-16,23-24,34-35H,17-20H2;1-2H3. The molecular weight excluding hydrogens is 531 g/mol. The predicted molar refractivity (Wildman–Crippen MR) is 160 cm³/mol. The van der Waals surface area contributed by atoms with Crippen molar-refractivity contribution in [3.05, 3.63) is 119 Å². The summed E-state index contributed by atoms with van der Waals surface area (Å²) in [7, 11) is 0. The summed E-state index contributed by atoms with van der Waals surface area (Å²) in [5.41, 5.74) is 6.46. The molecule has 0 aromatic heterocycles. The van der Waals surface area contributed by atoms with Gasteiger partial charge in [0.25, 0.3) is 0 Å². The van der Waals surface area contributed by atoms with E-state index in [2.05, 4.69) is 72.8 Å². The molecule has 204 valence electrons. The lowest BCUT2D eigenvalue weighted by molar-refractivity contribution is 0.125. The van der Waals surface area contributed by atoms with Gasteiger partial charge >= 0.3 is 0 Å². The molecule has 1 aliphatic rings. The summed E-state index contributed by atoms with van der Waals surface area (Å²) >= 11 is 11.4. The van der Waals surface area contributed by atoms with Crippen molar-refractivity contribution < 1.29 is 19.7 Å². The molecule has 4 nitrogen and oxygen atoms in total. The van der Waals surface area contributed by atoms with Crippen LogP contribution in [0.5, 0.6) is 11.5 Å². The van der Waals surface area contributed by atoms with Gasteiger partial charge in [0.15, 0.2) is 0 Å². The van der Waals surface area contributed by atoms with Crippen molar-refractivity contribution in [3.63, 3.8) is 0 Å². The molecule has 2 N–H and O–H groups in total. The molecule has 0 spiro atoms. The second kappa shape index (κ2) is 13.4. The molecule has 39 heavy (non-hydrogen) atoms. The highest BCUT2D eigenvalue weighted by Crippen LogP contribution is 2.56. The Kier molecular flexibility index (Phi) is 9.93. The van der Waals surface area contributed by atoms with Crippen LogP contribution in [0, 0.1) is 0 Å². The third kappa shape index (κ3) is 5.80. The number of halogens is 2. The fraction of sp³-hybridized carbons (Fsp3) is 0.273. The molecular formula is C33H34Cl2O4. The summed E-state index contributed by atoms with van der Waals surface area (Å²) < 4.78 is 11.5. The fourth-order valence-electron chi connectivity index (χ4n) is 5.10. The van der Waals surface area contributed by atoms with Gasteiger partial charge in [0, 0.05) is 0 Å². The van der Waals surface area contributed by atoms with E-state index in [-0.39, 0.29) is 25.0 Å². The summed E-state index contributed by atoms with van der Waals surface area (Å²) in [5, 5.41) is 19.5. The van der Waals surface area contributed by atoms with Crippen LogP contribution in [-0.2, 0) is 5.41 Å². The van der Waals surface area contributed by atoms with Crippen molar-refractivity contribution in [2.75, 3.05) is 25.0 Å². The molecule has 4 aromatic carbocycles. The van der Waals surface area contributed by atoms with Crippen molar-refractivity contribution in [2.24, 2.45) is 0 Å². The average Bonchev–Trinajstić information content (AvgIpc) is 3.31. The molecule has 5 rings (SSSR count). The minimum atomic E-state index is -0.715. The second-order valence-corrected chi connectivity index (χ2v) is 9.75. The van der Waals surface area contributed by atoms with Gasteiger partial charge in [-0.1, -0.05) is 86.6 Å². The second-order valence-electron chi connectivity index (χ2n) is 9.13. The van der Waals surface area contributed by atoms with Crippen LogP contribution >= 0.6 is 23.2 Å². The van der Waals surface area contributed by atoms with E-state index < -0.39 is 17.6 Å². The molecule has 6 heteroatoms. The number of hydrogen-bond acceptors (Lipinski definition) is 4. The van der Waals surface area contributed by atoms with Crippen molar-refractivity contribution >= 4 is 23.2 Å². The average molecular weight is 566 g/mol. The zero-order valence-electron chi connectivity index (χ0n) is 22.2. The van der Waals surface area contributed by atoms with E-state index in [4.69, 9.17) is 32.7 Å². The largest absolute Gasteiger partial charge is 0.491 e. The van der Waals surface area contributed by atoms with E-state index in [9.17, 15) is 10.2 Å². The molecule has 0 saturated heterocycles. The lowest BCUT2D eigenvalue weighted by Gasteiger charge is -2.34. The number of rotatable bonds is 10. The maximum absolute atomic E-state index is 9.77. The van der Waals surface area contributed by atoms with Crippen molar-refractivity contribution in [1.82, 2.24) is 0 Å². The zero-order chi connectivity index (χ0) is 27.8. The Morgan fingerprint density at radius 1 is 0.590 bits per heavy atom. The molecule has 4 aromatic rings. The highest BCUT2D eigenvalue weighted by Gasteiger charge is 2.45. The molecule has 2 unspecified atom stereocenters. The first-order valence-electron chi connectivity index (χ1n) is 13.2. The van der Waals surface area contributed by atoms with Gasteiger partial charge in [-0.05, 0) is 57.6 Å². The first kappa shape index (κ1) is 29.0. The number of alkyl halides is 2. The van der Waals surface area contributed by atoms with E-state index in [1.54, 1.807) is 0 Å². The number of benzene rings is 4. The maximum Gasteiger partial charge on any atom is 0.119 e. The summed E-state index contributed by atoms with van der Waals surface area (Å²) in [4.78, 5) is 0. The van der Waals surface area contributed by atoms with Gasteiger partial charge in [0.1, 0.15) is 36.9 Å². The Morgan fingerprint density at radius 2 is 0.949 bits per heavy atom. The van der Waals surface area contributed by atoms with Crippen LogP contribution in [0.2, 0.25) is 0 Å². The minimum absolute atomic E-state index is 0.124. The lowest BCUT2D eigenvalue weighted by atomic mass is 9.68. The number of hydrogen-bond donors (Lipinski definition) is 2. The summed E-state index contributed by atoms with van der Waals surface area (Å²) in [6.07, 6.45) is -1.43. The van der Waals surface area contributed by atoms with E-state index in [0.717, 1.165) is 11.1 Å². The van der Waals surface area contributed by atoms with Gasteiger partial charge in [0.05, 0.1) is 17.2 Å². The number of aliphatic hydroxyl groups is 2. The van der Waals surface area contributed by atoms with Crippen LogP contribution in [0.3, 0.4) is 0 Å². The van der Waals surface area contributed by atoms with Crippen LogP contribution < -0.4 is 9.47 Å². The highest BCUT2D eigenvalue weighted by molar-refractivity contribution is 6.18. The van der Waals surface area contributed by atoms with Gasteiger partial charge in [0.2, 0.25) is 0 Å². The Hall–Kier alpha value is -3.02. The number of aliphatic hydroxyl groups excluding tert-OH is 2. The monoisotopic (exact) mass is 564 g/mol. The maximum atomic E-state index is 9.77. The minimum Gasteiger partial charge on any atom is -0.491 e. The molecule has 0 saturated carbocycles. The van der Waals surface area contributed by atoms with E-state index in [1.807, 2.05) is 38.1 Å². The summed E-state index contributed by atoms with van der Waals surface area (Å²) in [5.74, 6) is 1.59. The van der Waals surface area contributed by atoms with Crippen molar-refractivity contribution in [3.8, 4) is 22.6 Å². The smallest absolute Gasteiger partial charge is 0.119 e. The summed E-state index contributed by atoms with van der Waals surface area (Å²) in [6, 6.07) is 33.1. The molecule has 0 aliphatic heterocycles. The Balaban J connectivity index is 0.00000172. The predicted octanol–water partition coefficient (Wildman–Crippen LogP) is 7.03. The van der Waals surface area contributed by atoms with Crippen LogP contribution in [0.25, 0.3) is 11.1 Å². The first-order chi connectivity index (χ1) is 19.1.